The van der Waals surface area contributed by atoms with Crippen LogP contribution in [0.15, 0.2) is 0 Å². The molecular weight excluding hydrogens is 249 g/mol. The van der Waals surface area contributed by atoms with E-state index >= 15 is 0 Å². The lowest BCUT2D eigenvalue weighted by Crippen LogP contribution is -1.81. The van der Waals surface area contributed by atoms with Crippen molar-refractivity contribution in [1.29, 1.82) is 0 Å². The molecule has 0 fully saturated rings. The first-order chi connectivity index (χ1) is 4.00. The maximum atomic E-state index is 8.88. The average Bonchev–Trinajstić information content (AvgIpc) is 1.12. The molecule has 0 spiro atoms. The van der Waals surface area contributed by atoms with Crippen LogP contribution in [0.25, 0.3) is 0 Å². The minimum absolute atomic E-state index is 1.61. The van der Waals surface area contributed by atoms with Gasteiger partial charge in [-0.15, -0.1) is 0 Å². The van der Waals surface area contributed by atoms with Crippen LogP contribution in [0.5, 0.6) is 0 Å². The van der Waals surface area contributed by atoms with E-state index in [2.05, 4.69) is 0 Å². The molecule has 4 nitrogen and oxygen atoms in total. The van der Waals surface area contributed by atoms with Gasteiger partial charge in [-0.25, -0.2) is 4.57 Å². The van der Waals surface area contributed by atoms with Crippen LogP contribution in [0.4, 0.5) is 0 Å². The molecule has 0 aromatic rings. The van der Waals surface area contributed by atoms with E-state index < -0.39 is 11.1 Å². The smallest absolute Gasteiger partial charge is 0.303 e. The summed E-state index contributed by atoms with van der Waals surface area (Å²) in [5.74, 6) is 0. The summed E-state index contributed by atoms with van der Waals surface area (Å²) in [5.41, 5.74) is 0. The van der Waals surface area contributed by atoms with E-state index in [4.69, 9.17) is 65.6 Å². The second-order valence-electron chi connectivity index (χ2n) is 0.942. The van der Waals surface area contributed by atoms with Crippen molar-refractivity contribution in [3.63, 3.8) is 0 Å². The molecule has 0 aliphatic rings. The molecule has 0 saturated carbocycles. The maximum absolute atomic E-state index is 8.88. The molecule has 0 amide bonds. The zero-order chi connectivity index (χ0) is 9.00. The first kappa shape index (κ1) is 13.8. The molecule has 9 heteroatoms. The van der Waals surface area contributed by atoms with Crippen LogP contribution in [0.1, 0.15) is 0 Å². The Kier molecular flexibility index (Phi) is 6.93. The van der Waals surface area contributed by atoms with Gasteiger partial charge in [-0.1, -0.05) is 46.4 Å². The Labute approximate surface area is 76.9 Å². The van der Waals surface area contributed by atoms with E-state index in [-0.39, 0.29) is 0 Å². The van der Waals surface area contributed by atoms with Gasteiger partial charge in [-0.2, -0.15) is 0 Å². The molecule has 0 rings (SSSR count). The summed E-state index contributed by atoms with van der Waals surface area (Å²) in [6, 6.07) is 0. The summed E-state index contributed by atoms with van der Waals surface area (Å²) >= 11 is 19.3. The predicted octanol–water partition coefficient (Wildman–Crippen LogP) is 1.62. The van der Waals surface area contributed by atoms with Crippen LogP contribution >= 0.6 is 54.2 Å². The van der Waals surface area contributed by atoms with Crippen LogP contribution in [0.2, 0.25) is 0 Å². The zero-order valence-electron chi connectivity index (χ0n) is 4.21. The lowest BCUT2D eigenvalue weighted by molar-refractivity contribution is 0.275. The highest BCUT2D eigenvalue weighted by Crippen LogP contribution is 2.29. The van der Waals surface area contributed by atoms with Gasteiger partial charge < -0.3 is 14.7 Å². The van der Waals surface area contributed by atoms with Crippen molar-refractivity contribution in [2.45, 2.75) is 3.25 Å². The van der Waals surface area contributed by atoms with Crippen molar-refractivity contribution in [2.75, 3.05) is 0 Å². The van der Waals surface area contributed by atoms with Crippen molar-refractivity contribution >= 4 is 54.2 Å². The molecule has 0 aliphatic heterocycles. The minimum Gasteiger partial charge on any atom is -0.303 e. The highest BCUT2D eigenvalue weighted by Gasteiger charge is 2.11. The Balaban J connectivity index is 0. The highest BCUT2D eigenvalue weighted by molar-refractivity contribution is 7.45. The van der Waals surface area contributed by atoms with Crippen LogP contribution in [0.3, 0.4) is 0 Å². The van der Waals surface area contributed by atoms with E-state index in [1.165, 1.54) is 0 Å². The average molecular weight is 252 g/mol. The minimum atomic E-state index is -4.64. The van der Waals surface area contributed by atoms with Crippen LogP contribution in [-0.4, -0.2) is 17.9 Å². The largest absolute Gasteiger partial charge is 0.466 e. The third kappa shape index (κ3) is 393. The van der Waals surface area contributed by atoms with Gasteiger partial charge in [0.1, 0.15) is 0 Å². The Morgan fingerprint density at radius 1 is 1.00 bits per heavy atom. The topological polar surface area (TPSA) is 77.8 Å². The van der Waals surface area contributed by atoms with Crippen molar-refractivity contribution in [1.82, 2.24) is 0 Å². The summed E-state index contributed by atoms with van der Waals surface area (Å²) in [5, 5.41) is 0. The standard InChI is InChI=1S/CCl4.H3O4P/c2-1(3,4)5;1-5(2,3)4/h;(H3,1,2,3,4). The molecule has 64 valence electrons. The summed E-state index contributed by atoms with van der Waals surface area (Å²) in [6.45, 7) is 0. The normalized spacial score (nSPS) is 11.9. The Morgan fingerprint density at radius 2 is 1.00 bits per heavy atom. The van der Waals surface area contributed by atoms with E-state index in [1.54, 1.807) is 0 Å². The van der Waals surface area contributed by atoms with E-state index in [0.29, 0.717) is 0 Å². The molecular formula is CH3Cl4O4P. The van der Waals surface area contributed by atoms with E-state index in [9.17, 15) is 0 Å². The van der Waals surface area contributed by atoms with Crippen molar-refractivity contribution in [3.05, 3.63) is 0 Å². The first-order valence-electron chi connectivity index (χ1n) is 1.54. The number of hydrogen-bond acceptors (Lipinski definition) is 1. The maximum Gasteiger partial charge on any atom is 0.466 e. The first-order valence-corrected chi connectivity index (χ1v) is 4.62. The molecule has 3 N–H and O–H groups in total. The molecule has 0 aromatic heterocycles. The number of alkyl halides is 4. The van der Waals surface area contributed by atoms with Gasteiger partial charge in [0, 0.05) is 0 Å². The van der Waals surface area contributed by atoms with Crippen molar-refractivity contribution in [3.8, 4) is 0 Å². The van der Waals surface area contributed by atoms with Gasteiger partial charge in [-0.05, 0) is 0 Å². The Bertz CT molecular complexity index is 109. The van der Waals surface area contributed by atoms with Crippen molar-refractivity contribution < 1.29 is 19.2 Å². The predicted molar refractivity (Wildman–Crippen MR) is 40.4 cm³/mol. The van der Waals surface area contributed by atoms with Gasteiger partial charge in [0.2, 0.25) is 0 Å². The molecule has 10 heavy (non-hydrogen) atoms. The molecule has 0 unspecified atom stereocenters. The summed E-state index contributed by atoms with van der Waals surface area (Å²) in [7, 11) is -4.64. The van der Waals surface area contributed by atoms with Crippen LogP contribution in [-0.2, 0) is 4.57 Å². The van der Waals surface area contributed by atoms with Gasteiger partial charge in [0.15, 0.2) is 0 Å². The Hall–Kier alpha value is 1.27. The molecule has 0 radical (unpaired) electrons. The van der Waals surface area contributed by atoms with Crippen molar-refractivity contribution in [2.24, 2.45) is 0 Å². The fourth-order valence-electron chi connectivity index (χ4n) is 0. The van der Waals surface area contributed by atoms with Crippen LogP contribution in [0, 0.1) is 0 Å². The fraction of sp³-hybridized carbons (Fsp3) is 1.00. The SMILES string of the molecule is ClC(Cl)(Cl)Cl.O=P(O)(O)O. The van der Waals surface area contributed by atoms with Crippen LogP contribution < -0.4 is 0 Å². The fourth-order valence-corrected chi connectivity index (χ4v) is 0. The third-order valence-corrected chi connectivity index (χ3v) is 0. The second kappa shape index (κ2) is 5.01. The number of rotatable bonds is 0. The Morgan fingerprint density at radius 3 is 1.00 bits per heavy atom. The molecule has 0 atom stereocenters. The van der Waals surface area contributed by atoms with Gasteiger partial charge >= 0.3 is 7.82 Å². The number of halogens is 4. The molecule has 0 heterocycles. The molecule has 0 saturated heterocycles. The monoisotopic (exact) mass is 250 g/mol. The van der Waals surface area contributed by atoms with Gasteiger partial charge in [0.05, 0.1) is 0 Å². The highest BCUT2D eigenvalue weighted by atomic mass is 35.6. The number of hydrogen-bond donors (Lipinski definition) is 3. The van der Waals surface area contributed by atoms with E-state index in [0.717, 1.165) is 0 Å². The summed E-state index contributed by atoms with van der Waals surface area (Å²) in [6.07, 6.45) is 0. The quantitative estimate of drug-likeness (QED) is 0.452. The van der Waals surface area contributed by atoms with Gasteiger partial charge in [0.25, 0.3) is 3.25 Å². The number of phosphoric acid groups is 1. The van der Waals surface area contributed by atoms with Gasteiger partial charge in [-0.3, -0.25) is 0 Å². The summed E-state index contributed by atoms with van der Waals surface area (Å²) in [4.78, 5) is 21.6. The lowest BCUT2D eigenvalue weighted by atomic mass is 11.8. The third-order valence-electron chi connectivity index (χ3n) is 0. The second-order valence-corrected chi connectivity index (χ2v) is 5.40. The zero-order valence-corrected chi connectivity index (χ0v) is 8.13. The summed E-state index contributed by atoms with van der Waals surface area (Å²) < 4.78 is 7.27. The lowest BCUT2D eigenvalue weighted by Gasteiger charge is -1.91. The molecule has 0 aromatic carbocycles. The molecule has 0 bridgehead atoms. The molecule has 0 aliphatic carbocycles. The van der Waals surface area contributed by atoms with E-state index in [1.807, 2.05) is 0 Å².